The number of ether oxygens (including phenoxy) is 4. The van der Waals surface area contributed by atoms with Crippen molar-refractivity contribution in [3.8, 4) is 0 Å². The molecule has 0 aliphatic rings. The van der Waals surface area contributed by atoms with Gasteiger partial charge in [0.25, 0.3) is 0 Å². The van der Waals surface area contributed by atoms with Gasteiger partial charge in [0.15, 0.2) is 10.9 Å². The minimum Gasteiger partial charge on any atom is -0.745 e. The van der Waals surface area contributed by atoms with E-state index < -0.39 is 55.0 Å². The van der Waals surface area contributed by atoms with E-state index in [-0.39, 0.29) is 86.0 Å². The van der Waals surface area contributed by atoms with E-state index in [0.717, 1.165) is 38.5 Å². The summed E-state index contributed by atoms with van der Waals surface area (Å²) in [6.07, 6.45) is 34.2. The second kappa shape index (κ2) is 42.7. The minimum atomic E-state index is -4.80. The standard InChI is InChI=1S/2C27H44O7S.Ca/c2*1-3-5-6-7-8-9-10-11-12-13-14-15-16-19-22-33-26(28)23-20-17-18-21-24(23)27(29)34-25(4-2)35(30,31)32;/h2*17-18,20-21,25H,3-16,19,22H2,1-2H3,(H,30,31,32);/q;;+2/p-2. The molecule has 2 unspecified atom stereocenters. The molecule has 2 rings (SSSR count). The van der Waals surface area contributed by atoms with E-state index in [4.69, 9.17) is 18.9 Å². The molecule has 0 bridgehead atoms. The van der Waals surface area contributed by atoms with Crippen molar-refractivity contribution in [1.82, 2.24) is 0 Å². The molecule has 17 heteroatoms. The molecule has 0 amide bonds. The van der Waals surface area contributed by atoms with Crippen LogP contribution in [0.2, 0.25) is 0 Å². The monoisotopic (exact) mass is 1060 g/mol. The smallest absolute Gasteiger partial charge is 0.745 e. The second-order valence-corrected chi connectivity index (χ2v) is 21.0. The largest absolute Gasteiger partial charge is 2.00 e. The zero-order valence-electron chi connectivity index (χ0n) is 43.6. The Kier molecular flexibility index (Phi) is 41.2. The van der Waals surface area contributed by atoms with Crippen LogP contribution in [0, 0.1) is 0 Å². The molecule has 0 radical (unpaired) electrons. The number of carbonyl (C=O) groups excluding carboxylic acids is 4. The summed E-state index contributed by atoms with van der Waals surface area (Å²) in [5.74, 6) is -3.43. The summed E-state index contributed by atoms with van der Waals surface area (Å²) in [6, 6.07) is 11.7. The molecular weight excluding hydrogens is 977 g/mol. The molecule has 0 spiro atoms. The Morgan fingerprint density at radius 3 is 0.803 bits per heavy atom. The van der Waals surface area contributed by atoms with Crippen LogP contribution in [0.5, 0.6) is 0 Å². The molecule has 400 valence electrons. The van der Waals surface area contributed by atoms with Gasteiger partial charge in [0, 0.05) is 0 Å². The van der Waals surface area contributed by atoms with Gasteiger partial charge in [-0.25, -0.2) is 36.0 Å². The molecule has 0 saturated heterocycles. The van der Waals surface area contributed by atoms with Crippen LogP contribution < -0.4 is 0 Å². The fraction of sp³-hybridized carbons (Fsp3) is 0.704. The zero-order chi connectivity index (χ0) is 51.9. The first-order valence-electron chi connectivity index (χ1n) is 26.5. The summed E-state index contributed by atoms with van der Waals surface area (Å²) >= 11 is 0. The van der Waals surface area contributed by atoms with Gasteiger partial charge in [-0.1, -0.05) is 219 Å². The van der Waals surface area contributed by atoms with E-state index in [2.05, 4.69) is 13.8 Å². The maximum atomic E-state index is 12.4. The molecule has 0 aromatic heterocycles. The summed E-state index contributed by atoms with van der Waals surface area (Å²) in [7, 11) is -9.60. The number of rotatable bonds is 40. The summed E-state index contributed by atoms with van der Waals surface area (Å²) < 4.78 is 87.4. The Labute approximate surface area is 457 Å². The van der Waals surface area contributed by atoms with E-state index in [1.54, 1.807) is 12.1 Å². The Hall–Kier alpha value is -2.60. The molecule has 0 aliphatic carbocycles. The van der Waals surface area contributed by atoms with Crippen LogP contribution in [0.25, 0.3) is 0 Å². The molecule has 0 heterocycles. The van der Waals surface area contributed by atoms with Crippen molar-refractivity contribution in [2.45, 2.75) is 231 Å². The van der Waals surface area contributed by atoms with E-state index in [1.165, 1.54) is 192 Å². The SMILES string of the molecule is CCCCCCCCCCCCCCCCOC(=O)c1ccccc1C(=O)OC(CC)S(=O)(=O)[O-].CCCCCCCCCCCCCCCCOC(=O)c1ccccc1C(=O)OC(CC)S(=O)(=O)[O-].[Ca+2]. The van der Waals surface area contributed by atoms with Gasteiger partial charge in [-0.15, -0.1) is 0 Å². The van der Waals surface area contributed by atoms with E-state index in [1.807, 2.05) is 0 Å². The van der Waals surface area contributed by atoms with Crippen LogP contribution in [0.3, 0.4) is 0 Å². The normalized spacial score (nSPS) is 12.1. The van der Waals surface area contributed by atoms with Crippen LogP contribution >= 0.6 is 0 Å². The number of esters is 4. The summed E-state index contributed by atoms with van der Waals surface area (Å²) in [5, 5.41) is 0. The third-order valence-electron chi connectivity index (χ3n) is 12.0. The number of hydrogen-bond acceptors (Lipinski definition) is 14. The molecule has 0 fully saturated rings. The fourth-order valence-corrected chi connectivity index (χ4v) is 9.04. The van der Waals surface area contributed by atoms with E-state index >= 15 is 0 Å². The summed E-state index contributed by atoms with van der Waals surface area (Å²) in [4.78, 5) is 49.6. The fourth-order valence-electron chi connectivity index (χ4n) is 7.82. The maximum Gasteiger partial charge on any atom is 2.00 e. The zero-order valence-corrected chi connectivity index (χ0v) is 47.5. The maximum absolute atomic E-state index is 12.4. The van der Waals surface area contributed by atoms with Crippen molar-refractivity contribution in [3.63, 3.8) is 0 Å². The molecule has 0 saturated carbocycles. The van der Waals surface area contributed by atoms with Gasteiger partial charge >= 0.3 is 61.6 Å². The van der Waals surface area contributed by atoms with Crippen molar-refractivity contribution in [3.05, 3.63) is 70.8 Å². The Balaban J connectivity index is 0.00000136. The van der Waals surface area contributed by atoms with Gasteiger partial charge < -0.3 is 28.1 Å². The molecule has 71 heavy (non-hydrogen) atoms. The molecule has 0 aliphatic heterocycles. The number of hydrogen-bond donors (Lipinski definition) is 0. The topological polar surface area (TPSA) is 220 Å². The number of unbranched alkanes of at least 4 members (excludes halogenated alkanes) is 26. The Morgan fingerprint density at radius 2 is 0.592 bits per heavy atom. The molecule has 0 N–H and O–H groups in total. The van der Waals surface area contributed by atoms with Gasteiger partial charge in [0.1, 0.15) is 20.2 Å². The average molecular weight is 1060 g/mol. The molecule has 2 atom stereocenters. The predicted molar refractivity (Wildman–Crippen MR) is 278 cm³/mol. The quantitative estimate of drug-likeness (QED) is 0.0199. The molecule has 2 aromatic rings. The summed E-state index contributed by atoms with van der Waals surface area (Å²) in [6.45, 7) is 7.81. The van der Waals surface area contributed by atoms with Crippen LogP contribution in [0.4, 0.5) is 0 Å². The van der Waals surface area contributed by atoms with Crippen molar-refractivity contribution in [2.24, 2.45) is 0 Å². The van der Waals surface area contributed by atoms with E-state index in [9.17, 15) is 45.1 Å². The Morgan fingerprint density at radius 1 is 0.380 bits per heavy atom. The molecular formula is C54H86CaO14S2. The first-order chi connectivity index (χ1) is 33.6. The third kappa shape index (κ3) is 33.0. The molecule has 14 nitrogen and oxygen atoms in total. The summed E-state index contributed by atoms with van der Waals surface area (Å²) in [5.41, 5.74) is -3.87. The van der Waals surface area contributed by atoms with Crippen LogP contribution in [0.1, 0.15) is 262 Å². The van der Waals surface area contributed by atoms with Crippen LogP contribution in [0.15, 0.2) is 48.5 Å². The van der Waals surface area contributed by atoms with E-state index in [0.29, 0.717) is 0 Å². The first-order valence-corrected chi connectivity index (χ1v) is 29.4. The number of carbonyl (C=O) groups is 4. The van der Waals surface area contributed by atoms with Crippen LogP contribution in [-0.2, 0) is 39.2 Å². The van der Waals surface area contributed by atoms with Gasteiger partial charge in [-0.3, -0.25) is 0 Å². The second-order valence-electron chi connectivity index (χ2n) is 18.0. The third-order valence-corrected chi connectivity index (χ3v) is 14.1. The van der Waals surface area contributed by atoms with Gasteiger partial charge in [-0.2, -0.15) is 0 Å². The number of benzene rings is 2. The average Bonchev–Trinajstić information content (AvgIpc) is 3.33. The van der Waals surface area contributed by atoms with Crippen molar-refractivity contribution in [1.29, 1.82) is 0 Å². The predicted octanol–water partition coefficient (Wildman–Crippen LogP) is 13.1. The van der Waals surface area contributed by atoms with Crippen molar-refractivity contribution in [2.75, 3.05) is 13.2 Å². The minimum absolute atomic E-state index is 0. The van der Waals surface area contributed by atoms with Crippen LogP contribution in [-0.4, -0.2) is 112 Å². The van der Waals surface area contributed by atoms with Gasteiger partial charge in [-0.05, 0) is 49.9 Å². The molecule has 2 aromatic carbocycles. The van der Waals surface area contributed by atoms with Gasteiger partial charge in [0.05, 0.1) is 35.5 Å². The van der Waals surface area contributed by atoms with Crippen molar-refractivity contribution < 1.29 is 64.1 Å². The van der Waals surface area contributed by atoms with Crippen molar-refractivity contribution >= 4 is 81.9 Å². The first kappa shape index (κ1) is 68.4. The Bertz CT molecular complexity index is 1820. The van der Waals surface area contributed by atoms with Gasteiger partial charge in [0.2, 0.25) is 0 Å².